The maximum atomic E-state index is 13.5. The first-order chi connectivity index (χ1) is 15.1. The van der Waals surface area contributed by atoms with Crippen molar-refractivity contribution in [3.8, 4) is 17.2 Å². The van der Waals surface area contributed by atoms with Crippen LogP contribution in [0.5, 0.6) is 17.2 Å². The molecule has 1 heterocycles. The summed E-state index contributed by atoms with van der Waals surface area (Å²) in [6, 6.07) is 8.61. The summed E-state index contributed by atoms with van der Waals surface area (Å²) in [4.78, 5) is 7.45. The molecule has 31 heavy (non-hydrogen) atoms. The molecule has 0 aliphatic carbocycles. The minimum absolute atomic E-state index is 0.232. The number of nitrogens with one attached hydrogen (secondary N) is 3. The van der Waals surface area contributed by atoms with Gasteiger partial charge in [0.05, 0.1) is 21.3 Å². The summed E-state index contributed by atoms with van der Waals surface area (Å²) < 4.78 is 29.8. The zero-order chi connectivity index (χ0) is 22.2. The summed E-state index contributed by atoms with van der Waals surface area (Å²) in [5, 5.41) is 7.51. The highest BCUT2D eigenvalue weighted by Gasteiger charge is 2.15. The largest absolute Gasteiger partial charge is 0.493 e. The fourth-order valence-electron chi connectivity index (χ4n) is 3.57. The van der Waals surface area contributed by atoms with Gasteiger partial charge < -0.3 is 29.8 Å². The Hall–Kier alpha value is -3.42. The van der Waals surface area contributed by atoms with Crippen LogP contribution >= 0.6 is 0 Å². The second-order valence-electron chi connectivity index (χ2n) is 6.92. The number of hydrogen-bond acceptors (Lipinski definition) is 4. The van der Waals surface area contributed by atoms with Crippen molar-refractivity contribution in [1.29, 1.82) is 0 Å². The summed E-state index contributed by atoms with van der Waals surface area (Å²) in [5.74, 6) is 2.35. The van der Waals surface area contributed by atoms with Crippen LogP contribution in [0.1, 0.15) is 11.1 Å². The molecule has 0 aliphatic heterocycles. The van der Waals surface area contributed by atoms with Gasteiger partial charge in [-0.2, -0.15) is 0 Å². The van der Waals surface area contributed by atoms with Crippen molar-refractivity contribution in [3.05, 3.63) is 53.5 Å². The van der Waals surface area contributed by atoms with Crippen LogP contribution in [0.2, 0.25) is 0 Å². The molecule has 0 saturated carbocycles. The Bertz CT molecular complexity index is 1050. The molecule has 0 amide bonds. The minimum Gasteiger partial charge on any atom is -0.493 e. The van der Waals surface area contributed by atoms with Gasteiger partial charge >= 0.3 is 0 Å². The molecule has 3 N–H and O–H groups in total. The minimum atomic E-state index is -0.232. The Morgan fingerprint density at radius 3 is 2.29 bits per heavy atom. The van der Waals surface area contributed by atoms with Gasteiger partial charge in [-0.3, -0.25) is 4.99 Å². The number of fused-ring (bicyclic) bond motifs is 1. The van der Waals surface area contributed by atoms with Crippen LogP contribution in [0.4, 0.5) is 4.39 Å². The third-order valence-corrected chi connectivity index (χ3v) is 5.11. The van der Waals surface area contributed by atoms with Crippen LogP contribution in [-0.2, 0) is 12.8 Å². The quantitative estimate of drug-likeness (QED) is 0.360. The van der Waals surface area contributed by atoms with Crippen molar-refractivity contribution in [2.75, 3.05) is 41.5 Å². The molecule has 7 nitrogen and oxygen atoms in total. The molecule has 8 heteroatoms. The predicted octanol–water partition coefficient (Wildman–Crippen LogP) is 3.28. The zero-order valence-corrected chi connectivity index (χ0v) is 18.3. The monoisotopic (exact) mass is 428 g/mol. The average molecular weight is 429 g/mol. The Balaban J connectivity index is 1.53. The second kappa shape index (κ2) is 10.6. The van der Waals surface area contributed by atoms with E-state index in [1.807, 2.05) is 18.3 Å². The Labute approximate surface area is 181 Å². The van der Waals surface area contributed by atoms with E-state index in [4.69, 9.17) is 14.2 Å². The first-order valence-corrected chi connectivity index (χ1v) is 10.1. The number of methoxy groups -OCH3 is 3. The van der Waals surface area contributed by atoms with Gasteiger partial charge in [0.15, 0.2) is 17.5 Å². The number of rotatable bonds is 9. The fourth-order valence-corrected chi connectivity index (χ4v) is 3.57. The molecule has 0 fully saturated rings. The van der Waals surface area contributed by atoms with Crippen molar-refractivity contribution in [1.82, 2.24) is 15.6 Å². The first kappa shape index (κ1) is 22.3. The number of nitrogens with zero attached hydrogens (tertiary/aromatic N) is 1. The van der Waals surface area contributed by atoms with E-state index < -0.39 is 0 Å². The van der Waals surface area contributed by atoms with Gasteiger partial charge in [0, 0.05) is 42.8 Å². The molecule has 0 spiro atoms. The van der Waals surface area contributed by atoms with Crippen molar-refractivity contribution >= 4 is 16.9 Å². The van der Waals surface area contributed by atoms with Gasteiger partial charge in [-0.05, 0) is 42.7 Å². The number of H-pyrrole nitrogens is 1. The SMILES string of the molecule is CN=C(NCCc1ccc(OC)c(OC)c1OC)NCCc1c[nH]c2ccc(F)cc12. The summed E-state index contributed by atoms with van der Waals surface area (Å²) in [6.45, 7) is 1.33. The third-order valence-electron chi connectivity index (χ3n) is 5.11. The van der Waals surface area contributed by atoms with Crippen molar-refractivity contribution in [2.24, 2.45) is 4.99 Å². The molecule has 3 aromatic rings. The van der Waals surface area contributed by atoms with E-state index in [-0.39, 0.29) is 5.82 Å². The number of benzene rings is 2. The molecular formula is C23H29FN4O3. The Morgan fingerprint density at radius 2 is 1.65 bits per heavy atom. The highest BCUT2D eigenvalue weighted by atomic mass is 19.1. The van der Waals surface area contributed by atoms with E-state index >= 15 is 0 Å². The van der Waals surface area contributed by atoms with Crippen molar-refractivity contribution in [3.63, 3.8) is 0 Å². The summed E-state index contributed by atoms with van der Waals surface area (Å²) in [5.41, 5.74) is 3.00. The molecule has 0 saturated heterocycles. The molecule has 0 aliphatic rings. The maximum absolute atomic E-state index is 13.5. The maximum Gasteiger partial charge on any atom is 0.203 e. The van der Waals surface area contributed by atoms with Crippen molar-refractivity contribution < 1.29 is 18.6 Å². The first-order valence-electron chi connectivity index (χ1n) is 10.1. The van der Waals surface area contributed by atoms with E-state index in [2.05, 4.69) is 20.6 Å². The topological polar surface area (TPSA) is 79.9 Å². The number of guanidine groups is 1. The molecule has 0 bridgehead atoms. The molecule has 166 valence electrons. The molecular weight excluding hydrogens is 399 g/mol. The summed E-state index contributed by atoms with van der Waals surface area (Å²) >= 11 is 0. The summed E-state index contributed by atoms with van der Waals surface area (Å²) in [6.07, 6.45) is 3.38. The van der Waals surface area contributed by atoms with Crippen LogP contribution < -0.4 is 24.8 Å². The number of halogens is 1. The van der Waals surface area contributed by atoms with E-state index in [0.29, 0.717) is 42.7 Å². The lowest BCUT2D eigenvalue weighted by molar-refractivity contribution is 0.322. The molecule has 1 aromatic heterocycles. The van der Waals surface area contributed by atoms with E-state index in [1.54, 1.807) is 40.5 Å². The second-order valence-corrected chi connectivity index (χ2v) is 6.92. The lowest BCUT2D eigenvalue weighted by atomic mass is 10.1. The average Bonchev–Trinajstić information content (AvgIpc) is 3.19. The number of aromatic nitrogens is 1. The molecule has 0 atom stereocenters. The molecule has 3 rings (SSSR count). The zero-order valence-electron chi connectivity index (χ0n) is 18.3. The van der Waals surface area contributed by atoms with E-state index in [0.717, 1.165) is 28.5 Å². The summed E-state index contributed by atoms with van der Waals surface area (Å²) in [7, 11) is 6.54. The van der Waals surface area contributed by atoms with Crippen LogP contribution in [0.15, 0.2) is 41.5 Å². The van der Waals surface area contributed by atoms with Gasteiger partial charge in [0.25, 0.3) is 0 Å². The number of hydrogen-bond donors (Lipinski definition) is 3. The Kier molecular flexibility index (Phi) is 7.59. The van der Waals surface area contributed by atoms with Gasteiger partial charge in [0.2, 0.25) is 5.75 Å². The highest BCUT2D eigenvalue weighted by Crippen LogP contribution is 2.39. The van der Waals surface area contributed by atoms with Gasteiger partial charge in [-0.1, -0.05) is 6.07 Å². The molecule has 0 unspecified atom stereocenters. The Morgan fingerprint density at radius 1 is 0.935 bits per heavy atom. The van der Waals surface area contributed by atoms with Crippen molar-refractivity contribution in [2.45, 2.75) is 12.8 Å². The lowest BCUT2D eigenvalue weighted by Crippen LogP contribution is -2.39. The lowest BCUT2D eigenvalue weighted by Gasteiger charge is -2.16. The van der Waals surface area contributed by atoms with Gasteiger partial charge in [-0.15, -0.1) is 0 Å². The number of ether oxygens (including phenoxy) is 3. The van der Waals surface area contributed by atoms with Gasteiger partial charge in [-0.25, -0.2) is 4.39 Å². The highest BCUT2D eigenvalue weighted by molar-refractivity contribution is 5.83. The van der Waals surface area contributed by atoms with Crippen LogP contribution in [0, 0.1) is 5.82 Å². The number of aliphatic imine (C=N–C) groups is 1. The molecule has 2 aromatic carbocycles. The van der Waals surface area contributed by atoms with Crippen LogP contribution in [-0.4, -0.2) is 52.4 Å². The standard InChI is InChI=1S/C23H29FN4O3/c1-25-23(27-12-10-16-14-28-19-7-6-17(24)13-18(16)19)26-11-9-15-5-8-20(29-2)22(31-4)21(15)30-3/h5-8,13-14,28H,9-12H2,1-4H3,(H2,25,26,27). The number of aromatic amines is 1. The van der Waals surface area contributed by atoms with Crippen LogP contribution in [0.25, 0.3) is 10.9 Å². The van der Waals surface area contributed by atoms with E-state index in [1.165, 1.54) is 6.07 Å². The van der Waals surface area contributed by atoms with Crippen LogP contribution in [0.3, 0.4) is 0 Å². The normalized spacial score (nSPS) is 11.5. The third kappa shape index (κ3) is 5.20. The molecule has 0 radical (unpaired) electrons. The van der Waals surface area contributed by atoms with Gasteiger partial charge in [0.1, 0.15) is 5.82 Å². The predicted molar refractivity (Wildman–Crippen MR) is 121 cm³/mol. The smallest absolute Gasteiger partial charge is 0.203 e. The fraction of sp³-hybridized carbons (Fsp3) is 0.348. The van der Waals surface area contributed by atoms with E-state index in [9.17, 15) is 4.39 Å².